The number of rotatable bonds is 4. The predicted molar refractivity (Wildman–Crippen MR) is 135 cm³/mol. The summed E-state index contributed by atoms with van der Waals surface area (Å²) in [6.07, 6.45) is 2.29. The van der Waals surface area contributed by atoms with Crippen LogP contribution in [-0.2, 0) is 5.41 Å². The lowest BCUT2D eigenvalue weighted by Crippen LogP contribution is -2.50. The fourth-order valence-electron chi connectivity index (χ4n) is 4.16. The van der Waals surface area contributed by atoms with Gasteiger partial charge in [0, 0.05) is 0 Å². The smallest absolute Gasteiger partial charge is 0.164 e. The molecule has 0 fully saturated rings. The second kappa shape index (κ2) is 7.21. The molecule has 0 atom stereocenters. The molecule has 1 heterocycles. The van der Waals surface area contributed by atoms with Gasteiger partial charge in [-0.3, -0.25) is 4.98 Å². The van der Waals surface area contributed by atoms with Crippen LogP contribution in [0.25, 0.3) is 11.3 Å². The minimum absolute atomic E-state index is 0.207. The van der Waals surface area contributed by atoms with Gasteiger partial charge in [-0.2, -0.15) is 0 Å². The average molecular weight is 322 g/mol. The summed E-state index contributed by atoms with van der Waals surface area (Å²) in [4.78, 5) is 5.14. The SMILES string of the molecule is Bc1cc(-c2nc(B)c(C(C)(CC)CC)c(B)c2B)c(B)c(B)c1B. The van der Waals surface area contributed by atoms with E-state index < -0.39 is 0 Å². The molecule has 8 heteroatoms. The molecule has 0 spiro atoms. The predicted octanol–water partition coefficient (Wildman–Crippen LogP) is -7.36. The van der Waals surface area contributed by atoms with Gasteiger partial charge in [0.1, 0.15) is 47.1 Å². The number of aromatic nitrogens is 1. The van der Waals surface area contributed by atoms with Crippen molar-refractivity contribution in [3.05, 3.63) is 11.6 Å². The summed E-state index contributed by atoms with van der Waals surface area (Å²) in [5.74, 6) is 0. The quantitative estimate of drug-likeness (QED) is 0.510. The van der Waals surface area contributed by atoms with E-state index in [0.717, 1.165) is 18.5 Å². The van der Waals surface area contributed by atoms with Crippen molar-refractivity contribution in [3.8, 4) is 11.3 Å². The van der Waals surface area contributed by atoms with Crippen molar-refractivity contribution in [1.29, 1.82) is 0 Å². The largest absolute Gasteiger partial charge is 0.264 e. The minimum atomic E-state index is 0.207. The van der Waals surface area contributed by atoms with Crippen LogP contribution in [0, 0.1) is 0 Å². The molecule has 0 N–H and O–H groups in total. The molecule has 0 radical (unpaired) electrons. The van der Waals surface area contributed by atoms with E-state index in [1.165, 1.54) is 49.5 Å². The molecule has 1 nitrogen and oxygen atoms in total. The van der Waals surface area contributed by atoms with Gasteiger partial charge >= 0.3 is 0 Å². The number of pyridine rings is 1. The molecule has 0 saturated heterocycles. The van der Waals surface area contributed by atoms with Crippen LogP contribution in [-0.4, -0.2) is 59.9 Å². The highest BCUT2D eigenvalue weighted by molar-refractivity contribution is 6.64. The topological polar surface area (TPSA) is 12.9 Å². The second-order valence-electron chi connectivity index (χ2n) is 8.05. The first-order valence-electron chi connectivity index (χ1n) is 9.65. The molecule has 122 valence electrons. The van der Waals surface area contributed by atoms with E-state index in [-0.39, 0.29) is 5.41 Å². The van der Waals surface area contributed by atoms with Gasteiger partial charge in [0.2, 0.25) is 0 Å². The highest BCUT2D eigenvalue weighted by Gasteiger charge is 2.28. The van der Waals surface area contributed by atoms with Gasteiger partial charge < -0.3 is 0 Å². The minimum Gasteiger partial charge on any atom is -0.264 e. The first kappa shape index (κ1) is 20.1. The van der Waals surface area contributed by atoms with Gasteiger partial charge in [0.25, 0.3) is 0 Å². The van der Waals surface area contributed by atoms with Crippen LogP contribution in [0.3, 0.4) is 0 Å². The zero-order chi connectivity index (χ0) is 19.1. The van der Waals surface area contributed by atoms with Gasteiger partial charge in [-0.05, 0) is 35.0 Å². The Morgan fingerprint density at radius 2 is 1.36 bits per heavy atom. The normalized spacial score (nSPS) is 11.6. The molecule has 1 aromatic heterocycles. The molecule has 2 rings (SSSR count). The molecule has 0 aliphatic heterocycles. The Bertz CT molecular complexity index is 829. The van der Waals surface area contributed by atoms with Crippen molar-refractivity contribution < 1.29 is 0 Å². The van der Waals surface area contributed by atoms with Crippen LogP contribution >= 0.6 is 0 Å². The van der Waals surface area contributed by atoms with E-state index in [1.54, 1.807) is 0 Å². The molecule has 1 aromatic carbocycles. The maximum Gasteiger partial charge on any atom is 0.164 e. The maximum atomic E-state index is 5.14. The van der Waals surface area contributed by atoms with Crippen molar-refractivity contribution in [2.75, 3.05) is 0 Å². The van der Waals surface area contributed by atoms with Gasteiger partial charge in [-0.25, -0.2) is 0 Å². The summed E-state index contributed by atoms with van der Waals surface area (Å²) in [5.41, 5.74) is 13.6. The number of benzene rings is 1. The Morgan fingerprint density at radius 1 is 0.800 bits per heavy atom. The lowest BCUT2D eigenvalue weighted by molar-refractivity contribution is 0.443. The molecule has 0 aliphatic rings. The number of nitrogens with zero attached hydrogens (tertiary/aromatic N) is 1. The van der Waals surface area contributed by atoms with Crippen molar-refractivity contribution in [2.45, 2.75) is 39.0 Å². The Morgan fingerprint density at radius 3 is 1.88 bits per heavy atom. The van der Waals surface area contributed by atoms with Crippen molar-refractivity contribution >= 4 is 93.3 Å². The second-order valence-corrected chi connectivity index (χ2v) is 8.05. The molecule has 0 saturated carbocycles. The number of hydrogen-bond donors (Lipinski definition) is 0. The standard InChI is InChI=1S/C17H28B7N/c1-4-17(3,5-2)9-12(21)14(23)15(25-16(9)24)7-6-8(18)11(20)13(22)10(7)19/h6H,4-5,18-24H2,1-3H3. The lowest BCUT2D eigenvalue weighted by atomic mass is 9.62. The molecular weight excluding hydrogens is 294 g/mol. The highest BCUT2D eigenvalue weighted by Crippen LogP contribution is 2.28. The van der Waals surface area contributed by atoms with Gasteiger partial charge in [0.15, 0.2) is 7.85 Å². The van der Waals surface area contributed by atoms with Gasteiger partial charge in [-0.1, -0.05) is 48.7 Å². The van der Waals surface area contributed by atoms with Crippen LogP contribution in [0.1, 0.15) is 39.2 Å². The maximum absolute atomic E-state index is 5.14. The van der Waals surface area contributed by atoms with Crippen LogP contribution in [0.15, 0.2) is 6.07 Å². The van der Waals surface area contributed by atoms with E-state index in [1.807, 2.05) is 0 Å². The lowest BCUT2D eigenvalue weighted by Gasteiger charge is -2.33. The fourth-order valence-corrected chi connectivity index (χ4v) is 4.16. The van der Waals surface area contributed by atoms with Crippen LogP contribution < -0.4 is 38.4 Å². The Balaban J connectivity index is 2.81. The highest BCUT2D eigenvalue weighted by atomic mass is 14.7. The summed E-state index contributed by atoms with van der Waals surface area (Å²) in [7, 11) is 15.6. The molecule has 0 aliphatic carbocycles. The first-order valence-corrected chi connectivity index (χ1v) is 9.65. The van der Waals surface area contributed by atoms with E-state index >= 15 is 0 Å². The monoisotopic (exact) mass is 323 g/mol. The van der Waals surface area contributed by atoms with Crippen LogP contribution in [0.2, 0.25) is 0 Å². The summed E-state index contributed by atoms with van der Waals surface area (Å²) in [6, 6.07) is 2.32. The third-order valence-electron chi connectivity index (χ3n) is 6.83. The summed E-state index contributed by atoms with van der Waals surface area (Å²) < 4.78 is 0. The summed E-state index contributed by atoms with van der Waals surface area (Å²) in [5, 5.41) is 0. The molecule has 0 unspecified atom stereocenters. The zero-order valence-corrected chi connectivity index (χ0v) is 17.9. The molecule has 0 bridgehead atoms. The zero-order valence-electron chi connectivity index (χ0n) is 17.9. The third kappa shape index (κ3) is 3.29. The Labute approximate surface area is 160 Å². The van der Waals surface area contributed by atoms with Crippen LogP contribution in [0.4, 0.5) is 0 Å². The fraction of sp³-hybridized carbons (Fsp3) is 0.353. The van der Waals surface area contributed by atoms with E-state index in [9.17, 15) is 0 Å². The van der Waals surface area contributed by atoms with Gasteiger partial charge in [-0.15, -0.1) is 10.9 Å². The number of hydrogen-bond acceptors (Lipinski definition) is 1. The van der Waals surface area contributed by atoms with E-state index in [2.05, 4.69) is 81.8 Å². The average Bonchev–Trinajstić information content (AvgIpc) is 2.59. The van der Waals surface area contributed by atoms with Crippen molar-refractivity contribution in [3.63, 3.8) is 0 Å². The van der Waals surface area contributed by atoms with Crippen molar-refractivity contribution in [2.24, 2.45) is 0 Å². The van der Waals surface area contributed by atoms with Gasteiger partial charge in [0.05, 0.1) is 5.69 Å². The van der Waals surface area contributed by atoms with Crippen molar-refractivity contribution in [1.82, 2.24) is 4.98 Å². The Kier molecular flexibility index (Phi) is 5.81. The van der Waals surface area contributed by atoms with E-state index in [0.29, 0.717) is 0 Å². The Hall–Kier alpha value is -1.18. The third-order valence-corrected chi connectivity index (χ3v) is 6.83. The van der Waals surface area contributed by atoms with E-state index in [4.69, 9.17) is 4.98 Å². The molecule has 2 aromatic rings. The summed E-state index contributed by atoms with van der Waals surface area (Å²) in [6.45, 7) is 6.97. The molecular formula is C17H28B7N. The summed E-state index contributed by atoms with van der Waals surface area (Å²) >= 11 is 0. The molecule has 25 heavy (non-hydrogen) atoms. The first-order chi connectivity index (χ1) is 11.6. The molecule has 0 amide bonds. The van der Waals surface area contributed by atoms with Crippen LogP contribution in [0.5, 0.6) is 0 Å².